The largest absolute Gasteiger partial charge is 0.461 e. The van der Waals surface area contributed by atoms with Gasteiger partial charge in [-0.3, -0.25) is 13.9 Å². The number of halogens is 1. The Bertz CT molecular complexity index is 1470. The number of fused-ring (bicyclic) bond motifs is 1. The lowest BCUT2D eigenvalue weighted by molar-refractivity contribution is 0.0697. The number of carbonyl (C=O) groups is 1. The maximum Gasteiger partial charge on any atom is 0.333 e. The van der Waals surface area contributed by atoms with Crippen LogP contribution in [0.4, 0.5) is 4.39 Å². The number of sulfone groups is 1. The Balaban J connectivity index is 1.59. The molecular weight excluding hydrogens is 487 g/mol. The Labute approximate surface area is 208 Å². The van der Waals surface area contributed by atoms with Gasteiger partial charge >= 0.3 is 5.69 Å². The second-order valence-electron chi connectivity index (χ2n) is 10.1. The van der Waals surface area contributed by atoms with E-state index in [9.17, 15) is 22.4 Å². The van der Waals surface area contributed by atoms with Gasteiger partial charge in [0.15, 0.2) is 15.6 Å². The molecule has 3 aromatic rings. The van der Waals surface area contributed by atoms with Crippen LogP contribution >= 0.6 is 0 Å². The van der Waals surface area contributed by atoms with Crippen molar-refractivity contribution in [3.63, 3.8) is 0 Å². The number of ether oxygens (including phenoxy) is 2. The summed E-state index contributed by atoms with van der Waals surface area (Å²) in [6, 6.07) is 11.7. The van der Waals surface area contributed by atoms with E-state index in [1.54, 1.807) is 51.6 Å². The number of aromatic nitrogens is 2. The van der Waals surface area contributed by atoms with Crippen molar-refractivity contribution in [2.45, 2.75) is 45.5 Å². The molecule has 10 heteroatoms. The topological polar surface area (TPSA) is 96.6 Å². The Hall–Kier alpha value is -2.98. The number of ketones is 1. The van der Waals surface area contributed by atoms with Crippen LogP contribution < -0.4 is 10.4 Å². The molecule has 2 saturated heterocycles. The van der Waals surface area contributed by atoms with Crippen molar-refractivity contribution in [2.24, 2.45) is 5.41 Å². The molecule has 2 fully saturated rings. The van der Waals surface area contributed by atoms with Gasteiger partial charge in [0, 0.05) is 49.6 Å². The third-order valence-corrected chi connectivity index (χ3v) is 9.12. The Morgan fingerprint density at radius 2 is 1.89 bits per heavy atom. The summed E-state index contributed by atoms with van der Waals surface area (Å²) in [6.45, 7) is 4.17. The van der Waals surface area contributed by atoms with Crippen molar-refractivity contribution >= 4 is 26.7 Å². The smallest absolute Gasteiger partial charge is 0.333 e. The fourth-order valence-corrected chi connectivity index (χ4v) is 7.68. The molecule has 1 unspecified atom stereocenters. The summed E-state index contributed by atoms with van der Waals surface area (Å²) < 4.78 is 50.7. The molecule has 5 rings (SSSR count). The average molecular weight is 517 g/mol. The average Bonchev–Trinajstić information content (AvgIpc) is 3.08. The number of carbonyl (C=O) groups excluding carboxylic acids is 1. The van der Waals surface area contributed by atoms with E-state index >= 15 is 0 Å². The first kappa shape index (κ1) is 24.7. The highest BCUT2D eigenvalue weighted by Gasteiger charge is 2.45. The lowest BCUT2D eigenvalue weighted by Crippen LogP contribution is -2.47. The van der Waals surface area contributed by atoms with E-state index in [4.69, 9.17) is 9.47 Å². The maximum atomic E-state index is 13.8. The monoisotopic (exact) mass is 516 g/mol. The van der Waals surface area contributed by atoms with Gasteiger partial charge in [0.1, 0.15) is 5.75 Å². The minimum absolute atomic E-state index is 0.00700. The third kappa shape index (κ3) is 4.71. The highest BCUT2D eigenvalue weighted by molar-refractivity contribution is 7.92. The molecule has 8 nitrogen and oxygen atoms in total. The molecule has 2 aromatic carbocycles. The highest BCUT2D eigenvalue weighted by atomic mass is 32.2. The quantitative estimate of drug-likeness (QED) is 0.443. The summed E-state index contributed by atoms with van der Waals surface area (Å²) in [7, 11) is -3.06. The number of hydrogen-bond acceptors (Lipinski definition) is 6. The van der Waals surface area contributed by atoms with Crippen LogP contribution in [0.15, 0.2) is 47.3 Å². The van der Waals surface area contributed by atoms with Gasteiger partial charge in [-0.05, 0) is 43.2 Å². The Morgan fingerprint density at radius 1 is 1.17 bits per heavy atom. The normalized spacial score (nSPS) is 20.1. The molecule has 2 aliphatic rings. The summed E-state index contributed by atoms with van der Waals surface area (Å²) in [5, 5.41) is 0. The van der Waals surface area contributed by atoms with Crippen molar-refractivity contribution in [3.05, 3.63) is 58.5 Å². The minimum Gasteiger partial charge on any atom is -0.461 e. The van der Waals surface area contributed by atoms with E-state index in [-0.39, 0.29) is 35.4 Å². The summed E-state index contributed by atoms with van der Waals surface area (Å²) in [5.74, 6) is 0.164. The predicted octanol–water partition coefficient (Wildman–Crippen LogP) is 3.85. The van der Waals surface area contributed by atoms with Crippen LogP contribution in [-0.4, -0.2) is 54.4 Å². The molecule has 0 saturated carbocycles. The predicted molar refractivity (Wildman–Crippen MR) is 134 cm³/mol. The second-order valence-corrected chi connectivity index (χ2v) is 12.2. The van der Waals surface area contributed by atoms with Crippen LogP contribution in [0.5, 0.6) is 5.75 Å². The zero-order valence-electron chi connectivity index (χ0n) is 20.3. The van der Waals surface area contributed by atoms with Gasteiger partial charge in [0.25, 0.3) is 0 Å². The van der Waals surface area contributed by atoms with E-state index in [1.807, 2.05) is 6.92 Å². The fraction of sp³-hybridized carbons (Fsp3) is 0.462. The van der Waals surface area contributed by atoms with Crippen LogP contribution in [-0.2, 0) is 14.6 Å². The van der Waals surface area contributed by atoms with E-state index in [0.717, 1.165) is 0 Å². The molecular formula is C26H29FN2O6S. The lowest BCUT2D eigenvalue weighted by atomic mass is 9.86. The van der Waals surface area contributed by atoms with Gasteiger partial charge in [0.05, 0.1) is 28.2 Å². The first-order valence-electron chi connectivity index (χ1n) is 12.0. The number of benzene rings is 2. The van der Waals surface area contributed by atoms with Gasteiger partial charge in [-0.2, -0.15) is 0 Å². The zero-order chi connectivity index (χ0) is 25.7. The molecule has 2 aliphatic heterocycles. The summed E-state index contributed by atoms with van der Waals surface area (Å²) in [4.78, 5) is 26.9. The van der Waals surface area contributed by atoms with E-state index < -0.39 is 21.6 Å². The molecule has 0 amide bonds. The first-order valence-corrected chi connectivity index (χ1v) is 13.9. The number of imidazole rings is 1. The summed E-state index contributed by atoms with van der Waals surface area (Å²) in [5.41, 5.74) is 1.38. The van der Waals surface area contributed by atoms with E-state index in [0.29, 0.717) is 54.1 Å². The minimum atomic E-state index is -3.06. The van der Waals surface area contributed by atoms with Crippen molar-refractivity contribution < 1.29 is 27.1 Å². The summed E-state index contributed by atoms with van der Waals surface area (Å²) in [6.07, 6.45) is -0.0481. The number of Topliss-reactive ketones (excluding diaryl/α,β-unsaturated/α-hetero) is 1. The molecule has 1 atom stereocenters. The number of alkyl halides is 1. The van der Waals surface area contributed by atoms with Crippen LogP contribution in [0.25, 0.3) is 16.7 Å². The Morgan fingerprint density at radius 3 is 2.56 bits per heavy atom. The van der Waals surface area contributed by atoms with Crippen LogP contribution in [0.3, 0.4) is 0 Å². The maximum absolute atomic E-state index is 13.8. The number of rotatable bonds is 7. The fourth-order valence-electron chi connectivity index (χ4n) is 5.43. The first-order chi connectivity index (χ1) is 17.1. The highest BCUT2D eigenvalue weighted by Crippen LogP contribution is 2.37. The zero-order valence-corrected chi connectivity index (χ0v) is 21.1. The molecule has 36 heavy (non-hydrogen) atoms. The van der Waals surface area contributed by atoms with Crippen molar-refractivity contribution in [1.29, 1.82) is 0 Å². The third-order valence-electron chi connectivity index (χ3n) is 6.85. The van der Waals surface area contributed by atoms with Crippen molar-refractivity contribution in [2.75, 3.05) is 24.7 Å². The van der Waals surface area contributed by atoms with E-state index in [1.165, 1.54) is 6.92 Å². The van der Waals surface area contributed by atoms with Crippen LogP contribution in [0, 0.1) is 5.41 Å². The van der Waals surface area contributed by atoms with Gasteiger partial charge < -0.3 is 9.47 Å². The van der Waals surface area contributed by atoms with Gasteiger partial charge in [-0.1, -0.05) is 13.0 Å². The second kappa shape index (κ2) is 9.15. The molecule has 1 aromatic heterocycles. The molecule has 3 heterocycles. The molecule has 0 spiro atoms. The summed E-state index contributed by atoms with van der Waals surface area (Å²) >= 11 is 0. The van der Waals surface area contributed by atoms with E-state index in [2.05, 4.69) is 0 Å². The SMILES string of the molecule is CC(F)Oc1cccc(-n2c(=O)n(C3CCOCC3)c3cc(C(=O)CC4(C)CS(=O)(=O)C4)ccc32)c1. The molecule has 0 aliphatic carbocycles. The number of hydrogen-bond donors (Lipinski definition) is 0. The van der Waals surface area contributed by atoms with Crippen molar-refractivity contribution in [3.8, 4) is 11.4 Å². The lowest BCUT2D eigenvalue weighted by Gasteiger charge is -2.37. The van der Waals surface area contributed by atoms with Gasteiger partial charge in [0.2, 0.25) is 6.36 Å². The van der Waals surface area contributed by atoms with Crippen LogP contribution in [0.2, 0.25) is 0 Å². The van der Waals surface area contributed by atoms with Crippen LogP contribution in [0.1, 0.15) is 49.5 Å². The standard InChI is InChI=1S/C26H29FN2O6S/c1-17(27)35-21-5-3-4-20(13-21)29-22-7-6-18(24(30)14-26(2)15-36(32,33)16-26)12-23(22)28(25(29)31)19-8-10-34-11-9-19/h3-7,12-13,17,19H,8-11,14-16H2,1-2H3. The Kier molecular flexibility index (Phi) is 6.28. The molecule has 0 bridgehead atoms. The van der Waals surface area contributed by atoms with Gasteiger partial charge in [-0.25, -0.2) is 17.6 Å². The van der Waals surface area contributed by atoms with Crippen molar-refractivity contribution in [1.82, 2.24) is 9.13 Å². The number of nitrogens with zero attached hydrogens (tertiary/aromatic N) is 2. The van der Waals surface area contributed by atoms with Gasteiger partial charge in [-0.15, -0.1) is 0 Å². The molecule has 0 N–H and O–H groups in total. The molecule has 0 radical (unpaired) electrons. The molecule has 192 valence electrons.